The standard InChI is InChI=1S/C12H9N3O3S/c16-11(14-12-7-13-8-19-12)6-5-9-3-1-2-4-10(9)15(17)18/h1-8H,(H,14,16)/b6-5+. The number of nitro groups is 1. The van der Waals surface area contributed by atoms with Gasteiger partial charge >= 0.3 is 0 Å². The second-order valence-corrected chi connectivity index (χ2v) is 4.39. The number of benzene rings is 1. The van der Waals surface area contributed by atoms with Crippen molar-refractivity contribution < 1.29 is 9.72 Å². The fourth-order valence-corrected chi connectivity index (χ4v) is 1.92. The van der Waals surface area contributed by atoms with Crippen LogP contribution in [-0.2, 0) is 4.79 Å². The number of nitro benzene ring substituents is 1. The van der Waals surface area contributed by atoms with Gasteiger partial charge in [-0.3, -0.25) is 19.9 Å². The van der Waals surface area contributed by atoms with E-state index in [1.165, 1.54) is 35.8 Å². The van der Waals surface area contributed by atoms with Gasteiger partial charge in [-0.15, -0.1) is 11.3 Å². The Morgan fingerprint density at radius 1 is 1.42 bits per heavy atom. The van der Waals surface area contributed by atoms with E-state index in [1.54, 1.807) is 23.7 Å². The fourth-order valence-electron chi connectivity index (χ4n) is 1.40. The first-order valence-corrected chi connectivity index (χ1v) is 6.16. The first-order valence-electron chi connectivity index (χ1n) is 5.28. The SMILES string of the molecule is O=C(/C=C/c1ccccc1[N+](=O)[O-])Nc1cncs1. The van der Waals surface area contributed by atoms with Crippen LogP contribution < -0.4 is 5.32 Å². The third-order valence-corrected chi connectivity index (χ3v) is 2.91. The van der Waals surface area contributed by atoms with Gasteiger partial charge in [0.2, 0.25) is 5.91 Å². The van der Waals surface area contributed by atoms with E-state index < -0.39 is 4.92 Å². The number of hydrogen-bond acceptors (Lipinski definition) is 5. The summed E-state index contributed by atoms with van der Waals surface area (Å²) in [6, 6.07) is 6.22. The molecule has 2 rings (SSSR count). The molecule has 0 aliphatic heterocycles. The van der Waals surface area contributed by atoms with Gasteiger partial charge in [0.1, 0.15) is 5.00 Å². The summed E-state index contributed by atoms with van der Waals surface area (Å²) in [6.07, 6.45) is 4.19. The Balaban J connectivity index is 2.10. The normalized spacial score (nSPS) is 10.5. The lowest BCUT2D eigenvalue weighted by Crippen LogP contribution is -2.06. The summed E-state index contributed by atoms with van der Waals surface area (Å²) in [5.41, 5.74) is 1.94. The average molecular weight is 275 g/mol. The summed E-state index contributed by atoms with van der Waals surface area (Å²) in [4.78, 5) is 25.7. The Labute approximate surface area is 112 Å². The third-order valence-electron chi connectivity index (χ3n) is 2.23. The zero-order chi connectivity index (χ0) is 13.7. The monoisotopic (exact) mass is 275 g/mol. The first-order chi connectivity index (χ1) is 9.16. The Hall–Kier alpha value is -2.54. The quantitative estimate of drug-likeness (QED) is 0.528. The lowest BCUT2D eigenvalue weighted by Gasteiger charge is -1.97. The Bertz CT molecular complexity index is 623. The van der Waals surface area contributed by atoms with Crippen LogP contribution in [0.5, 0.6) is 0 Å². The Morgan fingerprint density at radius 2 is 2.21 bits per heavy atom. The molecule has 7 heteroatoms. The minimum Gasteiger partial charge on any atom is -0.313 e. The van der Waals surface area contributed by atoms with E-state index in [1.807, 2.05) is 0 Å². The van der Waals surface area contributed by atoms with Crippen molar-refractivity contribution in [3.05, 3.63) is 57.7 Å². The van der Waals surface area contributed by atoms with Crippen LogP contribution in [0.4, 0.5) is 10.7 Å². The molecule has 0 fully saturated rings. The number of carbonyl (C=O) groups excluding carboxylic acids is 1. The molecule has 0 saturated carbocycles. The van der Waals surface area contributed by atoms with Crippen LogP contribution in [0.3, 0.4) is 0 Å². The molecule has 0 spiro atoms. The molecule has 6 nitrogen and oxygen atoms in total. The highest BCUT2D eigenvalue weighted by atomic mass is 32.1. The number of para-hydroxylation sites is 1. The van der Waals surface area contributed by atoms with Gasteiger partial charge in [-0.05, 0) is 12.1 Å². The van der Waals surface area contributed by atoms with Gasteiger partial charge in [0.05, 0.1) is 22.2 Å². The van der Waals surface area contributed by atoms with Gasteiger partial charge in [0, 0.05) is 12.1 Å². The molecule has 1 N–H and O–H groups in total. The van der Waals surface area contributed by atoms with E-state index in [4.69, 9.17) is 0 Å². The number of anilines is 1. The van der Waals surface area contributed by atoms with Crippen LogP contribution in [0.15, 0.2) is 42.0 Å². The molecule has 0 aliphatic rings. The first kappa shape index (κ1) is 12.9. The van der Waals surface area contributed by atoms with E-state index in [0.29, 0.717) is 10.6 Å². The molecule has 1 heterocycles. The van der Waals surface area contributed by atoms with Crippen LogP contribution in [0.25, 0.3) is 6.08 Å². The van der Waals surface area contributed by atoms with Gasteiger partial charge in [-0.1, -0.05) is 12.1 Å². The average Bonchev–Trinajstić information content (AvgIpc) is 2.89. The fraction of sp³-hybridized carbons (Fsp3) is 0. The van der Waals surface area contributed by atoms with E-state index in [0.717, 1.165) is 0 Å². The molecule has 1 aromatic carbocycles. The van der Waals surface area contributed by atoms with E-state index in [-0.39, 0.29) is 11.6 Å². The molecule has 1 aromatic heterocycles. The van der Waals surface area contributed by atoms with Crippen molar-refractivity contribution in [1.82, 2.24) is 4.98 Å². The predicted octanol–water partition coefficient (Wildman–Crippen LogP) is 2.70. The van der Waals surface area contributed by atoms with Crippen LogP contribution in [0, 0.1) is 10.1 Å². The van der Waals surface area contributed by atoms with Crippen molar-refractivity contribution in [3.8, 4) is 0 Å². The highest BCUT2D eigenvalue weighted by Gasteiger charge is 2.09. The largest absolute Gasteiger partial charge is 0.313 e. The topological polar surface area (TPSA) is 85.1 Å². The summed E-state index contributed by atoms with van der Waals surface area (Å²) in [6.45, 7) is 0. The van der Waals surface area contributed by atoms with E-state index >= 15 is 0 Å². The maximum absolute atomic E-state index is 11.6. The maximum atomic E-state index is 11.6. The van der Waals surface area contributed by atoms with Crippen LogP contribution in [0.2, 0.25) is 0 Å². The van der Waals surface area contributed by atoms with Crippen molar-refractivity contribution >= 4 is 34.0 Å². The molecule has 0 atom stereocenters. The summed E-state index contributed by atoms with van der Waals surface area (Å²) >= 11 is 1.30. The molecule has 19 heavy (non-hydrogen) atoms. The number of rotatable bonds is 4. The van der Waals surface area contributed by atoms with Crippen molar-refractivity contribution in [2.45, 2.75) is 0 Å². The van der Waals surface area contributed by atoms with E-state index in [2.05, 4.69) is 10.3 Å². The Kier molecular flexibility index (Phi) is 3.99. The predicted molar refractivity (Wildman–Crippen MR) is 72.9 cm³/mol. The number of amides is 1. The minimum atomic E-state index is -0.485. The number of hydrogen-bond donors (Lipinski definition) is 1. The smallest absolute Gasteiger partial charge is 0.276 e. The van der Waals surface area contributed by atoms with Gasteiger partial charge in [0.25, 0.3) is 5.69 Å². The van der Waals surface area contributed by atoms with E-state index in [9.17, 15) is 14.9 Å². The van der Waals surface area contributed by atoms with Gasteiger partial charge in [-0.25, -0.2) is 0 Å². The third kappa shape index (κ3) is 3.46. The molecule has 2 aromatic rings. The molecular weight excluding hydrogens is 266 g/mol. The van der Waals surface area contributed by atoms with Gasteiger partial charge in [0.15, 0.2) is 0 Å². The molecule has 0 aliphatic carbocycles. The number of nitrogens with one attached hydrogen (secondary N) is 1. The summed E-state index contributed by atoms with van der Waals surface area (Å²) in [5.74, 6) is -0.359. The number of thiazole rings is 1. The Morgan fingerprint density at radius 3 is 2.89 bits per heavy atom. The molecule has 0 saturated heterocycles. The molecular formula is C12H9N3O3S. The molecule has 96 valence electrons. The van der Waals surface area contributed by atoms with Crippen molar-refractivity contribution in [1.29, 1.82) is 0 Å². The van der Waals surface area contributed by atoms with Gasteiger partial charge < -0.3 is 5.32 Å². The number of nitrogens with zero attached hydrogens (tertiary/aromatic N) is 2. The number of aromatic nitrogens is 1. The number of carbonyl (C=O) groups is 1. The van der Waals surface area contributed by atoms with Crippen LogP contribution in [0.1, 0.15) is 5.56 Å². The second kappa shape index (κ2) is 5.87. The molecule has 0 radical (unpaired) electrons. The van der Waals surface area contributed by atoms with Crippen LogP contribution >= 0.6 is 11.3 Å². The highest BCUT2D eigenvalue weighted by molar-refractivity contribution is 7.14. The van der Waals surface area contributed by atoms with Crippen LogP contribution in [-0.4, -0.2) is 15.8 Å². The van der Waals surface area contributed by atoms with Crippen molar-refractivity contribution in [3.63, 3.8) is 0 Å². The summed E-state index contributed by atoms with van der Waals surface area (Å²) in [7, 11) is 0. The maximum Gasteiger partial charge on any atom is 0.276 e. The minimum absolute atomic E-state index is 0.0376. The second-order valence-electron chi connectivity index (χ2n) is 3.50. The molecule has 0 bridgehead atoms. The van der Waals surface area contributed by atoms with Gasteiger partial charge in [-0.2, -0.15) is 0 Å². The highest BCUT2D eigenvalue weighted by Crippen LogP contribution is 2.19. The zero-order valence-electron chi connectivity index (χ0n) is 9.65. The lowest BCUT2D eigenvalue weighted by molar-refractivity contribution is -0.385. The summed E-state index contributed by atoms with van der Waals surface area (Å²) < 4.78 is 0. The lowest BCUT2D eigenvalue weighted by atomic mass is 10.1. The van der Waals surface area contributed by atoms with Crippen molar-refractivity contribution in [2.24, 2.45) is 0 Å². The zero-order valence-corrected chi connectivity index (χ0v) is 10.5. The molecule has 0 unspecified atom stereocenters. The molecule has 1 amide bonds. The van der Waals surface area contributed by atoms with Crippen molar-refractivity contribution in [2.75, 3.05) is 5.32 Å². The summed E-state index contributed by atoms with van der Waals surface area (Å²) in [5, 5.41) is 14.0.